The van der Waals surface area contributed by atoms with Crippen LogP contribution >= 0.6 is 0 Å². The van der Waals surface area contributed by atoms with E-state index in [1.165, 1.54) is 37.3 Å². The van der Waals surface area contributed by atoms with Crippen LogP contribution in [-0.2, 0) is 11.2 Å². The van der Waals surface area contributed by atoms with Crippen LogP contribution in [0.1, 0.15) is 64.9 Å². The van der Waals surface area contributed by atoms with E-state index < -0.39 is 11.6 Å². The van der Waals surface area contributed by atoms with Crippen molar-refractivity contribution in [2.45, 2.75) is 71.4 Å². The number of ether oxygens (including phenoxy) is 1. The second-order valence-corrected chi connectivity index (χ2v) is 8.91. The van der Waals surface area contributed by atoms with Gasteiger partial charge < -0.3 is 4.74 Å². The Morgan fingerprint density at radius 1 is 0.788 bits per heavy atom. The van der Waals surface area contributed by atoms with Crippen LogP contribution in [0.25, 0.3) is 22.3 Å². The number of unbranched alkanes of at least 4 members (excludes halogenated alkanes) is 3. The molecule has 1 unspecified atom stereocenters. The van der Waals surface area contributed by atoms with Crippen LogP contribution in [0.5, 0.6) is 5.75 Å². The predicted molar refractivity (Wildman–Crippen MR) is 135 cm³/mol. The van der Waals surface area contributed by atoms with Crippen molar-refractivity contribution in [3.63, 3.8) is 0 Å². The van der Waals surface area contributed by atoms with Crippen LogP contribution in [0, 0.1) is 0 Å². The molecule has 0 aromatic heterocycles. The van der Waals surface area contributed by atoms with Gasteiger partial charge in [-0.2, -0.15) is 0 Å². The maximum atomic E-state index is 14.6. The first-order valence-electron chi connectivity index (χ1n) is 12.1. The zero-order valence-electron chi connectivity index (χ0n) is 20.1. The van der Waals surface area contributed by atoms with Crippen molar-refractivity contribution in [3.05, 3.63) is 78.4 Å². The minimum absolute atomic E-state index is 0.172. The summed E-state index contributed by atoms with van der Waals surface area (Å²) in [6.45, 7) is 5.49. The van der Waals surface area contributed by atoms with Crippen molar-refractivity contribution in [2.24, 2.45) is 0 Å². The van der Waals surface area contributed by atoms with Crippen molar-refractivity contribution in [1.82, 2.24) is 0 Å². The summed E-state index contributed by atoms with van der Waals surface area (Å²) in [6, 6.07) is 24.4. The molecule has 33 heavy (non-hydrogen) atoms. The molecule has 0 aliphatic rings. The Morgan fingerprint density at radius 3 is 1.88 bits per heavy atom. The molecule has 0 aliphatic carbocycles. The molecule has 174 valence electrons. The predicted octanol–water partition coefficient (Wildman–Crippen LogP) is 8.58. The third kappa shape index (κ3) is 6.77. The number of hydrogen-bond donors (Lipinski definition) is 0. The fourth-order valence-electron chi connectivity index (χ4n) is 3.94. The first kappa shape index (κ1) is 24.7. The van der Waals surface area contributed by atoms with E-state index in [0.717, 1.165) is 29.5 Å². The van der Waals surface area contributed by atoms with Crippen LogP contribution in [0.2, 0.25) is 0 Å². The van der Waals surface area contributed by atoms with Gasteiger partial charge in [-0.15, -0.1) is 0 Å². The molecule has 0 saturated carbocycles. The van der Waals surface area contributed by atoms with Crippen molar-refractivity contribution in [2.75, 3.05) is 0 Å². The standard InChI is InChI=1S/C30H35FO2/c1-4-6-8-11-23-14-16-24(17-15-23)27-12-9-10-13-28(27)25-18-20-26(21-19-25)33-29(32)30(3,31)22-7-5-2/h9-10,12-21H,4-8,11,22H2,1-3H3. The lowest BCUT2D eigenvalue weighted by Gasteiger charge is -2.18. The van der Waals surface area contributed by atoms with E-state index in [1.807, 2.05) is 31.2 Å². The van der Waals surface area contributed by atoms with E-state index in [1.54, 1.807) is 12.1 Å². The van der Waals surface area contributed by atoms with E-state index in [9.17, 15) is 9.18 Å². The summed E-state index contributed by atoms with van der Waals surface area (Å²) >= 11 is 0. The second kappa shape index (κ2) is 11.8. The molecule has 0 aliphatic heterocycles. The monoisotopic (exact) mass is 446 g/mol. The molecule has 0 spiro atoms. The maximum Gasteiger partial charge on any atom is 0.348 e. The summed E-state index contributed by atoms with van der Waals surface area (Å²) in [5, 5.41) is 0. The summed E-state index contributed by atoms with van der Waals surface area (Å²) in [4.78, 5) is 12.2. The molecule has 0 amide bonds. The van der Waals surface area contributed by atoms with Gasteiger partial charge in [-0.25, -0.2) is 9.18 Å². The quantitative estimate of drug-likeness (QED) is 0.167. The normalized spacial score (nSPS) is 12.8. The minimum Gasteiger partial charge on any atom is -0.424 e. The lowest BCUT2D eigenvalue weighted by molar-refractivity contribution is -0.147. The van der Waals surface area contributed by atoms with Gasteiger partial charge in [0, 0.05) is 0 Å². The molecule has 3 rings (SSSR count). The van der Waals surface area contributed by atoms with E-state index in [-0.39, 0.29) is 6.42 Å². The number of alkyl halides is 1. The molecule has 0 N–H and O–H groups in total. The first-order valence-corrected chi connectivity index (χ1v) is 12.1. The van der Waals surface area contributed by atoms with E-state index in [0.29, 0.717) is 12.2 Å². The molecule has 0 bridgehead atoms. The molecular weight excluding hydrogens is 411 g/mol. The van der Waals surface area contributed by atoms with Crippen LogP contribution in [0.3, 0.4) is 0 Å². The van der Waals surface area contributed by atoms with Crippen molar-refractivity contribution >= 4 is 5.97 Å². The van der Waals surface area contributed by atoms with Gasteiger partial charge in [0.2, 0.25) is 5.67 Å². The average molecular weight is 447 g/mol. The number of benzene rings is 3. The van der Waals surface area contributed by atoms with Crippen LogP contribution in [0.4, 0.5) is 4.39 Å². The Labute approximate surface area is 197 Å². The highest BCUT2D eigenvalue weighted by molar-refractivity contribution is 5.84. The van der Waals surface area contributed by atoms with Crippen LogP contribution < -0.4 is 4.74 Å². The van der Waals surface area contributed by atoms with Gasteiger partial charge in [0.15, 0.2) is 0 Å². The molecule has 3 aromatic rings. The summed E-state index contributed by atoms with van der Waals surface area (Å²) in [5.74, 6) is -0.471. The molecule has 1 atom stereocenters. The SMILES string of the molecule is CCCCCc1ccc(-c2ccccc2-c2ccc(OC(=O)C(C)(F)CCCC)cc2)cc1. The minimum atomic E-state index is -1.97. The van der Waals surface area contributed by atoms with Gasteiger partial charge in [0.05, 0.1) is 0 Å². The van der Waals surface area contributed by atoms with E-state index >= 15 is 0 Å². The lowest BCUT2D eigenvalue weighted by atomic mass is 9.93. The second-order valence-electron chi connectivity index (χ2n) is 8.91. The number of aryl methyl sites for hydroxylation is 1. The van der Waals surface area contributed by atoms with Gasteiger partial charge in [0.1, 0.15) is 5.75 Å². The zero-order valence-corrected chi connectivity index (χ0v) is 20.1. The van der Waals surface area contributed by atoms with Crippen molar-refractivity contribution in [3.8, 4) is 28.0 Å². The smallest absolute Gasteiger partial charge is 0.348 e. The van der Waals surface area contributed by atoms with Crippen molar-refractivity contribution < 1.29 is 13.9 Å². The fourth-order valence-corrected chi connectivity index (χ4v) is 3.94. The lowest BCUT2D eigenvalue weighted by Crippen LogP contribution is -2.34. The van der Waals surface area contributed by atoms with Gasteiger partial charge in [-0.3, -0.25) is 0 Å². The highest BCUT2D eigenvalue weighted by Gasteiger charge is 2.34. The highest BCUT2D eigenvalue weighted by Crippen LogP contribution is 2.33. The Kier molecular flexibility index (Phi) is 8.82. The van der Waals surface area contributed by atoms with E-state index in [2.05, 4.69) is 43.3 Å². The topological polar surface area (TPSA) is 26.3 Å². The summed E-state index contributed by atoms with van der Waals surface area (Å²) in [6.07, 6.45) is 6.50. The van der Waals surface area contributed by atoms with Gasteiger partial charge in [-0.05, 0) is 72.6 Å². The third-order valence-corrected chi connectivity index (χ3v) is 6.06. The van der Waals surface area contributed by atoms with Gasteiger partial charge >= 0.3 is 5.97 Å². The fraction of sp³-hybridized carbons (Fsp3) is 0.367. The Bertz CT molecular complexity index is 1020. The maximum absolute atomic E-state index is 14.6. The average Bonchev–Trinajstić information content (AvgIpc) is 2.84. The van der Waals surface area contributed by atoms with Crippen molar-refractivity contribution in [1.29, 1.82) is 0 Å². The number of carbonyl (C=O) groups is 1. The molecule has 0 heterocycles. The van der Waals surface area contributed by atoms with Gasteiger partial charge in [-0.1, -0.05) is 93.8 Å². The molecule has 0 saturated heterocycles. The number of halogens is 1. The number of rotatable bonds is 11. The molecule has 2 nitrogen and oxygen atoms in total. The first-order chi connectivity index (χ1) is 15.9. The number of hydrogen-bond acceptors (Lipinski definition) is 2. The molecule has 3 aromatic carbocycles. The molecule has 3 heteroatoms. The summed E-state index contributed by atoms with van der Waals surface area (Å²) in [7, 11) is 0. The Hall–Kier alpha value is -2.94. The molecule has 0 radical (unpaired) electrons. The number of carbonyl (C=O) groups excluding carboxylic acids is 1. The van der Waals surface area contributed by atoms with Gasteiger partial charge in [0.25, 0.3) is 0 Å². The highest BCUT2D eigenvalue weighted by atomic mass is 19.1. The molecular formula is C30H35FO2. The third-order valence-electron chi connectivity index (χ3n) is 6.06. The summed E-state index contributed by atoms with van der Waals surface area (Å²) in [5.41, 5.74) is 3.85. The largest absolute Gasteiger partial charge is 0.424 e. The number of esters is 1. The van der Waals surface area contributed by atoms with E-state index in [4.69, 9.17) is 4.74 Å². The van der Waals surface area contributed by atoms with Crippen LogP contribution in [0.15, 0.2) is 72.8 Å². The summed E-state index contributed by atoms with van der Waals surface area (Å²) < 4.78 is 19.9. The Morgan fingerprint density at radius 2 is 1.33 bits per heavy atom. The Balaban J connectivity index is 1.75. The van der Waals surface area contributed by atoms with Crippen LogP contribution in [-0.4, -0.2) is 11.6 Å². The zero-order chi connectivity index (χ0) is 23.7. The molecule has 0 fully saturated rings.